The van der Waals surface area contributed by atoms with Gasteiger partial charge in [-0.1, -0.05) is 29.8 Å². The van der Waals surface area contributed by atoms with Crippen molar-refractivity contribution in [2.24, 2.45) is 0 Å². The summed E-state index contributed by atoms with van der Waals surface area (Å²) in [4.78, 5) is 19.4. The number of nitrogens with zero attached hydrogens (tertiary/aromatic N) is 2. The molecule has 0 saturated carbocycles. The van der Waals surface area contributed by atoms with Gasteiger partial charge in [0.2, 0.25) is 5.75 Å². The number of Topliss-reactive ketones (excluding diaryl/α,β-unsaturated/α-hetero) is 1. The van der Waals surface area contributed by atoms with Crippen molar-refractivity contribution < 1.29 is 41.7 Å². The summed E-state index contributed by atoms with van der Waals surface area (Å²) in [7, 11) is 3.72. The molecule has 0 radical (unpaired) electrons. The van der Waals surface area contributed by atoms with Crippen LogP contribution in [0.25, 0.3) is 10.9 Å². The van der Waals surface area contributed by atoms with Crippen LogP contribution in [-0.4, -0.2) is 69.3 Å². The molecule has 244 valence electrons. The normalized spacial score (nSPS) is 12.8. The zero-order chi connectivity index (χ0) is 32.7. The lowest BCUT2D eigenvalue weighted by Gasteiger charge is -2.24. The Balaban J connectivity index is 1.26. The van der Waals surface area contributed by atoms with E-state index < -0.39 is 16.8 Å². The molecule has 0 spiro atoms. The molecule has 4 aromatic rings. The van der Waals surface area contributed by atoms with Gasteiger partial charge in [-0.05, 0) is 54.9 Å². The van der Waals surface area contributed by atoms with Crippen molar-refractivity contribution in [1.82, 2.24) is 9.88 Å². The maximum Gasteiger partial charge on any atom is 0.417 e. The second-order valence-electron chi connectivity index (χ2n) is 10.9. The van der Waals surface area contributed by atoms with E-state index in [1.54, 1.807) is 43.6 Å². The second kappa shape index (κ2) is 15.0. The van der Waals surface area contributed by atoms with Gasteiger partial charge < -0.3 is 28.6 Å². The molecule has 8 nitrogen and oxygen atoms in total. The van der Waals surface area contributed by atoms with E-state index >= 15 is 0 Å². The Morgan fingerprint density at radius 3 is 2.39 bits per heavy atom. The summed E-state index contributed by atoms with van der Waals surface area (Å²) in [5, 5.41) is 0.243. The first-order valence-corrected chi connectivity index (χ1v) is 15.2. The van der Waals surface area contributed by atoms with Gasteiger partial charge in [0.05, 0.1) is 34.7 Å². The van der Waals surface area contributed by atoms with Gasteiger partial charge in [-0.2, -0.15) is 13.2 Å². The highest BCUT2D eigenvalue weighted by Gasteiger charge is 2.33. The van der Waals surface area contributed by atoms with Crippen molar-refractivity contribution in [2.45, 2.75) is 25.4 Å². The van der Waals surface area contributed by atoms with Crippen LogP contribution in [0.2, 0.25) is 5.02 Å². The summed E-state index contributed by atoms with van der Waals surface area (Å²) in [5.74, 6) is 2.33. The number of likely N-dealkylation sites (N-methyl/N-ethyl adjacent to an activating group) is 1. The van der Waals surface area contributed by atoms with Crippen LogP contribution >= 0.6 is 11.6 Å². The Morgan fingerprint density at radius 2 is 1.65 bits per heavy atom. The fourth-order valence-corrected chi connectivity index (χ4v) is 5.29. The maximum absolute atomic E-state index is 13.2. The molecule has 0 amide bonds. The van der Waals surface area contributed by atoms with Gasteiger partial charge in [-0.3, -0.25) is 9.78 Å². The summed E-state index contributed by atoms with van der Waals surface area (Å²) in [6.07, 6.45) is -2.25. The molecule has 5 rings (SSSR count). The lowest BCUT2D eigenvalue weighted by molar-refractivity contribution is -0.137. The molecular formula is C34H34ClF3N2O6. The molecule has 1 aliphatic rings. The van der Waals surface area contributed by atoms with Crippen LogP contribution < -0.4 is 18.9 Å². The number of carbonyl (C=O) groups is 1. The summed E-state index contributed by atoms with van der Waals surface area (Å²) in [5.41, 5.74) is 0.610. The number of ether oxygens (including phenoxy) is 5. The third-order valence-corrected chi connectivity index (χ3v) is 7.68. The fourth-order valence-electron chi connectivity index (χ4n) is 5.06. The molecule has 0 saturated heterocycles. The molecule has 0 fully saturated rings. The maximum atomic E-state index is 13.2. The average molecular weight is 659 g/mol. The Bertz CT molecular complexity index is 1670. The number of fused-ring (bicyclic) bond motifs is 3. The van der Waals surface area contributed by atoms with E-state index in [-0.39, 0.29) is 24.2 Å². The highest BCUT2D eigenvalue weighted by atomic mass is 35.5. The molecule has 0 unspecified atom stereocenters. The number of pyridine rings is 1. The Labute approximate surface area is 269 Å². The van der Waals surface area contributed by atoms with Crippen LogP contribution in [0.15, 0.2) is 60.8 Å². The van der Waals surface area contributed by atoms with Gasteiger partial charge in [0.1, 0.15) is 30.5 Å². The zero-order valence-electron chi connectivity index (χ0n) is 25.5. The number of rotatable bonds is 14. The molecule has 0 N–H and O–H groups in total. The first kappa shape index (κ1) is 33.3. The fraction of sp³-hybridized carbons (Fsp3) is 0.353. The molecule has 0 aliphatic carbocycles. The number of methoxy groups -OCH3 is 1. The van der Waals surface area contributed by atoms with E-state index in [1.165, 1.54) is 6.07 Å². The molecule has 46 heavy (non-hydrogen) atoms. The lowest BCUT2D eigenvalue weighted by atomic mass is 10.0. The summed E-state index contributed by atoms with van der Waals surface area (Å²) >= 11 is 5.69. The summed E-state index contributed by atoms with van der Waals surface area (Å²) < 4.78 is 69.1. The van der Waals surface area contributed by atoms with Gasteiger partial charge in [-0.15, -0.1) is 0 Å². The van der Waals surface area contributed by atoms with Crippen molar-refractivity contribution in [3.05, 3.63) is 82.5 Å². The Hall–Kier alpha value is -4.06. The quantitative estimate of drug-likeness (QED) is 0.132. The van der Waals surface area contributed by atoms with Crippen LogP contribution in [0.3, 0.4) is 0 Å². The van der Waals surface area contributed by atoms with E-state index in [9.17, 15) is 18.0 Å². The van der Waals surface area contributed by atoms with Crippen molar-refractivity contribution in [2.75, 3.05) is 53.7 Å². The van der Waals surface area contributed by atoms with Crippen LogP contribution in [0, 0.1) is 0 Å². The van der Waals surface area contributed by atoms with Crippen molar-refractivity contribution >= 4 is 28.3 Å². The SMILES string of the molecule is COCCN(C)CCCOc1cc2nccc(Oc3ccc(CC(=O)Cc4ccc(Cl)c(C(F)(F)F)c4)cc3)c2c2c1OCCO2. The topological polar surface area (TPSA) is 79.4 Å². The molecule has 0 bridgehead atoms. The molecule has 1 aromatic heterocycles. The standard InChI is InChI=1S/C34H34ClF3N2O6/c1-40(13-15-42-2)12-3-14-43-30-21-28-31(33-32(30)44-16-17-45-33)29(10-11-39-28)46-25-7-4-22(5-8-25)18-24(41)19-23-6-9-27(35)26(20-23)34(36,37)38/h4-11,20-21H,3,12-19H2,1-2H3. The predicted molar refractivity (Wildman–Crippen MR) is 168 cm³/mol. The number of carbonyl (C=O) groups excluding carboxylic acids is 1. The highest BCUT2D eigenvalue weighted by molar-refractivity contribution is 6.31. The van der Waals surface area contributed by atoms with Crippen molar-refractivity contribution in [3.8, 4) is 28.7 Å². The van der Waals surface area contributed by atoms with Gasteiger partial charge in [-0.25, -0.2) is 0 Å². The third-order valence-electron chi connectivity index (χ3n) is 7.35. The number of hydrogen-bond donors (Lipinski definition) is 0. The number of alkyl halides is 3. The number of halogens is 4. The van der Waals surface area contributed by atoms with Crippen LogP contribution in [0.1, 0.15) is 23.1 Å². The number of hydrogen-bond acceptors (Lipinski definition) is 8. The third kappa shape index (κ3) is 8.39. The first-order valence-electron chi connectivity index (χ1n) is 14.8. The van der Waals surface area contributed by atoms with E-state index in [1.807, 2.05) is 13.1 Å². The monoisotopic (exact) mass is 658 g/mol. The van der Waals surface area contributed by atoms with Gasteiger partial charge in [0.25, 0.3) is 0 Å². The van der Waals surface area contributed by atoms with Crippen LogP contribution in [0.4, 0.5) is 13.2 Å². The summed E-state index contributed by atoms with van der Waals surface area (Å²) in [6.45, 7) is 3.59. The summed E-state index contributed by atoms with van der Waals surface area (Å²) in [6, 6.07) is 14.0. The van der Waals surface area contributed by atoms with E-state index in [2.05, 4.69) is 9.88 Å². The van der Waals surface area contributed by atoms with Crippen LogP contribution in [-0.2, 0) is 28.5 Å². The largest absolute Gasteiger partial charge is 0.489 e. The van der Waals surface area contributed by atoms with Gasteiger partial charge in [0.15, 0.2) is 11.5 Å². The zero-order valence-corrected chi connectivity index (χ0v) is 26.2. The highest BCUT2D eigenvalue weighted by Crippen LogP contribution is 2.48. The number of benzene rings is 3. The molecular weight excluding hydrogens is 625 g/mol. The van der Waals surface area contributed by atoms with E-state index in [0.717, 1.165) is 31.6 Å². The Morgan fingerprint density at radius 1 is 0.935 bits per heavy atom. The molecule has 1 aliphatic heterocycles. The van der Waals surface area contributed by atoms with E-state index in [0.29, 0.717) is 71.6 Å². The minimum absolute atomic E-state index is 0.0490. The molecule has 0 atom stereocenters. The van der Waals surface area contributed by atoms with Gasteiger partial charge >= 0.3 is 6.18 Å². The first-order chi connectivity index (χ1) is 22.1. The predicted octanol–water partition coefficient (Wildman–Crippen LogP) is 7.17. The molecule has 2 heterocycles. The lowest BCUT2D eigenvalue weighted by Crippen LogP contribution is -2.25. The molecule has 12 heteroatoms. The number of aromatic nitrogens is 1. The van der Waals surface area contributed by atoms with Crippen molar-refractivity contribution in [3.63, 3.8) is 0 Å². The van der Waals surface area contributed by atoms with Crippen LogP contribution in [0.5, 0.6) is 28.7 Å². The number of ketones is 1. The Kier molecular flexibility index (Phi) is 10.9. The average Bonchev–Trinajstić information content (AvgIpc) is 3.03. The second-order valence-corrected chi connectivity index (χ2v) is 11.3. The minimum Gasteiger partial charge on any atom is -0.489 e. The molecule has 3 aromatic carbocycles. The van der Waals surface area contributed by atoms with E-state index in [4.69, 9.17) is 35.3 Å². The minimum atomic E-state index is -4.60. The smallest absolute Gasteiger partial charge is 0.417 e. The van der Waals surface area contributed by atoms with Gasteiger partial charge in [0, 0.05) is 45.3 Å². The van der Waals surface area contributed by atoms with Crippen molar-refractivity contribution in [1.29, 1.82) is 0 Å².